The summed E-state index contributed by atoms with van der Waals surface area (Å²) >= 11 is 6.49. The zero-order valence-corrected chi connectivity index (χ0v) is 14.7. The van der Waals surface area contributed by atoms with Crippen molar-refractivity contribution in [1.82, 2.24) is 0 Å². The van der Waals surface area contributed by atoms with Crippen LogP contribution in [0.2, 0.25) is 5.02 Å². The molecule has 0 heterocycles. The summed E-state index contributed by atoms with van der Waals surface area (Å²) in [4.78, 5) is 2.09. The Kier molecular flexibility index (Phi) is 4.73. The van der Waals surface area contributed by atoms with Gasteiger partial charge in [0.1, 0.15) is 0 Å². The molecule has 0 aromatic heterocycles. The average molecular weight is 334 g/mol. The molecule has 3 aromatic rings. The third kappa shape index (κ3) is 3.37. The topological polar surface area (TPSA) is 3.24 Å². The summed E-state index contributed by atoms with van der Waals surface area (Å²) in [6.45, 7) is 3.97. The molecular formula is C22H20ClN. The molecule has 3 rings (SSSR count). The lowest BCUT2D eigenvalue weighted by atomic mass is 9.95. The molecule has 24 heavy (non-hydrogen) atoms. The Labute approximate surface area is 148 Å². The number of hydrogen-bond donors (Lipinski definition) is 0. The predicted octanol–water partition coefficient (Wildman–Crippen LogP) is 4.06. The highest BCUT2D eigenvalue weighted by Crippen LogP contribution is 2.28. The molecule has 0 aliphatic heterocycles. The van der Waals surface area contributed by atoms with E-state index in [1.165, 1.54) is 5.69 Å². The molecule has 0 atom stereocenters. The van der Waals surface area contributed by atoms with Gasteiger partial charge in [0.05, 0.1) is 0 Å². The quantitative estimate of drug-likeness (QED) is 0.698. The zero-order chi connectivity index (χ0) is 17.1. The average Bonchev–Trinajstić information content (AvgIpc) is 2.59. The van der Waals surface area contributed by atoms with Crippen molar-refractivity contribution >= 4 is 29.4 Å². The first kappa shape index (κ1) is 16.4. The van der Waals surface area contributed by atoms with Gasteiger partial charge in [-0.2, -0.15) is 0 Å². The fourth-order valence-electron chi connectivity index (χ4n) is 2.74. The first-order valence-electron chi connectivity index (χ1n) is 7.88. The Balaban J connectivity index is 2.27. The summed E-state index contributed by atoms with van der Waals surface area (Å²) in [6.07, 6.45) is 0. The van der Waals surface area contributed by atoms with Crippen molar-refractivity contribution in [3.63, 3.8) is 0 Å². The monoisotopic (exact) mass is 333 g/mol. The molecule has 2 heteroatoms. The van der Waals surface area contributed by atoms with Crippen molar-refractivity contribution in [3.8, 4) is 0 Å². The van der Waals surface area contributed by atoms with Crippen molar-refractivity contribution < 1.29 is 0 Å². The highest BCUT2D eigenvalue weighted by Gasteiger charge is 2.10. The Morgan fingerprint density at radius 3 is 2.04 bits per heavy atom. The van der Waals surface area contributed by atoms with E-state index in [-0.39, 0.29) is 0 Å². The third-order valence-electron chi connectivity index (χ3n) is 4.06. The normalized spacial score (nSPS) is 10.5. The van der Waals surface area contributed by atoms with E-state index in [1.54, 1.807) is 0 Å². The van der Waals surface area contributed by atoms with E-state index in [2.05, 4.69) is 53.9 Å². The van der Waals surface area contributed by atoms with Crippen LogP contribution >= 0.6 is 11.6 Å². The van der Waals surface area contributed by atoms with Gasteiger partial charge in [0, 0.05) is 30.4 Å². The van der Waals surface area contributed by atoms with Gasteiger partial charge in [-0.3, -0.25) is 0 Å². The Morgan fingerprint density at radius 2 is 1.46 bits per heavy atom. The largest absolute Gasteiger partial charge is 0.378 e. The minimum Gasteiger partial charge on any atom is -0.378 e. The van der Waals surface area contributed by atoms with Crippen LogP contribution in [-0.4, -0.2) is 14.1 Å². The maximum atomic E-state index is 6.49. The second kappa shape index (κ2) is 6.94. The molecule has 120 valence electrons. The third-order valence-corrected chi connectivity index (χ3v) is 4.39. The molecule has 0 fully saturated rings. The van der Waals surface area contributed by atoms with Crippen molar-refractivity contribution in [1.29, 1.82) is 0 Å². The van der Waals surface area contributed by atoms with Crippen LogP contribution in [0.1, 0.15) is 11.1 Å². The Morgan fingerprint density at radius 1 is 0.833 bits per heavy atom. The summed E-state index contributed by atoms with van der Waals surface area (Å²) < 4.78 is 0. The first-order chi connectivity index (χ1) is 11.6. The number of nitrogens with zero attached hydrogens (tertiary/aromatic N) is 1. The summed E-state index contributed by atoms with van der Waals surface area (Å²) in [5.41, 5.74) is 4.48. The fourth-order valence-corrected chi connectivity index (χ4v) is 2.97. The molecule has 0 saturated heterocycles. The van der Waals surface area contributed by atoms with Crippen LogP contribution in [-0.2, 0) is 0 Å². The maximum absolute atomic E-state index is 6.49. The summed E-state index contributed by atoms with van der Waals surface area (Å²) in [5, 5.41) is 2.89. The lowest BCUT2D eigenvalue weighted by Crippen LogP contribution is -2.12. The lowest BCUT2D eigenvalue weighted by Gasteiger charge is -2.15. The molecule has 0 saturated carbocycles. The van der Waals surface area contributed by atoms with E-state index in [0.717, 1.165) is 32.2 Å². The number of hydrogen-bond acceptors (Lipinski definition) is 1. The molecular weight excluding hydrogens is 314 g/mol. The van der Waals surface area contributed by atoms with E-state index < -0.39 is 0 Å². The van der Waals surface area contributed by atoms with Gasteiger partial charge in [-0.1, -0.05) is 72.8 Å². The fraction of sp³-hybridized carbons (Fsp3) is 0.0909. The van der Waals surface area contributed by atoms with Gasteiger partial charge in [0.25, 0.3) is 0 Å². The minimum absolute atomic E-state index is 0.753. The molecule has 0 N–H and O–H groups in total. The van der Waals surface area contributed by atoms with E-state index in [0.29, 0.717) is 0 Å². The predicted molar refractivity (Wildman–Crippen MR) is 105 cm³/mol. The highest BCUT2D eigenvalue weighted by atomic mass is 35.5. The maximum Gasteiger partial charge on any atom is 0.0484 e. The summed E-state index contributed by atoms with van der Waals surface area (Å²) in [7, 11) is 4.08. The second-order valence-electron chi connectivity index (χ2n) is 5.99. The minimum atomic E-state index is 0.753. The molecule has 0 aliphatic carbocycles. The standard InChI is InChI=1S/C22H20ClN/c1-16-8-10-17(11-9-16)22(20-6-4-5-7-21(20)23)18-12-14-19(15-13-18)24(2)3/h4-15H,1H2,2-3H3. The number of halogens is 1. The Hall–Kier alpha value is -2.51. The summed E-state index contributed by atoms with van der Waals surface area (Å²) in [5.74, 6) is 0. The number of anilines is 1. The van der Waals surface area contributed by atoms with Crippen molar-refractivity contribution in [2.45, 2.75) is 0 Å². The first-order valence-corrected chi connectivity index (χ1v) is 8.26. The molecule has 0 radical (unpaired) electrons. The smallest absolute Gasteiger partial charge is 0.0484 e. The molecule has 0 aliphatic rings. The number of rotatable bonds is 3. The molecule has 0 bridgehead atoms. The van der Waals surface area contributed by atoms with Crippen molar-refractivity contribution in [2.75, 3.05) is 19.0 Å². The van der Waals surface area contributed by atoms with Crippen molar-refractivity contribution in [3.05, 3.63) is 99.4 Å². The van der Waals surface area contributed by atoms with Crippen LogP contribution < -0.4 is 15.3 Å². The van der Waals surface area contributed by atoms with Crippen LogP contribution in [0.4, 0.5) is 5.69 Å². The second-order valence-corrected chi connectivity index (χ2v) is 6.40. The van der Waals surface area contributed by atoms with Crippen LogP contribution in [0.3, 0.4) is 0 Å². The molecule has 0 amide bonds. The summed E-state index contributed by atoms with van der Waals surface area (Å²) in [6, 6.07) is 24.8. The molecule has 0 unspecified atom stereocenters. The van der Waals surface area contributed by atoms with Gasteiger partial charge in [-0.15, -0.1) is 0 Å². The zero-order valence-electron chi connectivity index (χ0n) is 14.0. The van der Waals surface area contributed by atoms with E-state index >= 15 is 0 Å². The van der Waals surface area contributed by atoms with Gasteiger partial charge in [0.2, 0.25) is 0 Å². The van der Waals surface area contributed by atoms with Gasteiger partial charge in [-0.05, 0) is 39.8 Å². The highest BCUT2D eigenvalue weighted by molar-refractivity contribution is 6.32. The van der Waals surface area contributed by atoms with Crippen molar-refractivity contribution in [2.24, 2.45) is 0 Å². The number of benzene rings is 3. The molecule has 0 spiro atoms. The van der Waals surface area contributed by atoms with Gasteiger partial charge in [0.15, 0.2) is 0 Å². The van der Waals surface area contributed by atoms with E-state index in [1.807, 2.05) is 44.4 Å². The van der Waals surface area contributed by atoms with Crippen LogP contribution in [0.25, 0.3) is 12.2 Å². The van der Waals surface area contributed by atoms with Crippen LogP contribution in [0.15, 0.2) is 72.8 Å². The lowest BCUT2D eigenvalue weighted by molar-refractivity contribution is 1.13. The van der Waals surface area contributed by atoms with E-state index in [4.69, 9.17) is 11.6 Å². The van der Waals surface area contributed by atoms with Gasteiger partial charge < -0.3 is 4.90 Å². The molecule has 3 aromatic carbocycles. The SMILES string of the molecule is C=c1ccc(=C(c2ccc(N(C)C)cc2)c2ccccc2Cl)cc1. The van der Waals surface area contributed by atoms with Gasteiger partial charge in [-0.25, -0.2) is 0 Å². The van der Waals surface area contributed by atoms with Crippen LogP contribution in [0, 0.1) is 0 Å². The van der Waals surface area contributed by atoms with E-state index in [9.17, 15) is 0 Å². The Bertz CT molecular complexity index is 933. The molecule has 1 nitrogen and oxygen atoms in total. The van der Waals surface area contributed by atoms with Gasteiger partial charge >= 0.3 is 0 Å². The van der Waals surface area contributed by atoms with Crippen LogP contribution in [0.5, 0.6) is 0 Å².